The summed E-state index contributed by atoms with van der Waals surface area (Å²) in [6.45, 7) is 3.85. The maximum absolute atomic E-state index is 10.0. The predicted octanol–water partition coefficient (Wildman–Crippen LogP) is 2.63. The Labute approximate surface area is 60.3 Å². The van der Waals surface area contributed by atoms with Gasteiger partial charge in [-0.3, -0.25) is 0 Å². The van der Waals surface area contributed by atoms with E-state index in [9.17, 15) is 4.79 Å². The molecule has 0 amide bonds. The van der Waals surface area contributed by atoms with Gasteiger partial charge in [0.25, 0.3) is 0 Å². The number of rotatable bonds is 2. The van der Waals surface area contributed by atoms with Crippen molar-refractivity contribution in [3.05, 3.63) is 11.8 Å². The molecule has 0 bridgehead atoms. The first kappa shape index (κ1) is 8.43. The number of ether oxygens (including phenoxy) is 1. The molecule has 0 heterocycles. The SMILES string of the molecule is CC/C(C)=C/OC(=O)[S]. The van der Waals surface area contributed by atoms with Crippen molar-refractivity contribution in [1.82, 2.24) is 0 Å². The van der Waals surface area contributed by atoms with Crippen LogP contribution in [0.2, 0.25) is 0 Å². The molecule has 0 rings (SSSR count). The standard InChI is InChI=1S/C6H9O2S/c1-3-5(2)4-8-6(7)9/h4H,3H2,1-2H3/b5-4+. The van der Waals surface area contributed by atoms with Crippen LogP contribution in [0, 0.1) is 0 Å². The molecule has 9 heavy (non-hydrogen) atoms. The van der Waals surface area contributed by atoms with Gasteiger partial charge in [-0.05, 0) is 18.9 Å². The summed E-state index contributed by atoms with van der Waals surface area (Å²) >= 11 is 4.14. The molecule has 0 saturated carbocycles. The van der Waals surface area contributed by atoms with Crippen LogP contribution in [0.25, 0.3) is 0 Å². The molecule has 0 atom stereocenters. The van der Waals surface area contributed by atoms with Gasteiger partial charge in [0.1, 0.15) is 0 Å². The Balaban J connectivity index is 3.56. The third-order valence-electron chi connectivity index (χ3n) is 0.914. The Morgan fingerprint density at radius 2 is 2.33 bits per heavy atom. The minimum atomic E-state index is -0.678. The van der Waals surface area contributed by atoms with Gasteiger partial charge >= 0.3 is 5.30 Å². The van der Waals surface area contributed by atoms with Crippen LogP contribution in [0.5, 0.6) is 0 Å². The average molecular weight is 145 g/mol. The highest BCUT2D eigenvalue weighted by Crippen LogP contribution is 1.98. The summed E-state index contributed by atoms with van der Waals surface area (Å²) in [6.07, 6.45) is 2.26. The summed E-state index contributed by atoms with van der Waals surface area (Å²) in [4.78, 5) is 10.0. The second-order valence-electron chi connectivity index (χ2n) is 1.69. The third-order valence-corrected chi connectivity index (χ3v) is 1.01. The number of hydrogen-bond acceptors (Lipinski definition) is 2. The maximum atomic E-state index is 10.0. The van der Waals surface area contributed by atoms with Crippen LogP contribution in [0.15, 0.2) is 11.8 Å². The maximum Gasteiger partial charge on any atom is 0.404 e. The van der Waals surface area contributed by atoms with Crippen molar-refractivity contribution in [2.75, 3.05) is 0 Å². The van der Waals surface area contributed by atoms with Crippen LogP contribution in [0.3, 0.4) is 0 Å². The fraction of sp³-hybridized carbons (Fsp3) is 0.500. The lowest BCUT2D eigenvalue weighted by Gasteiger charge is -1.92. The van der Waals surface area contributed by atoms with E-state index in [0.717, 1.165) is 12.0 Å². The molecule has 0 aromatic carbocycles. The molecule has 0 N–H and O–H groups in total. The second kappa shape index (κ2) is 4.32. The van der Waals surface area contributed by atoms with Crippen LogP contribution in [-0.2, 0) is 4.74 Å². The summed E-state index contributed by atoms with van der Waals surface area (Å²) < 4.78 is 4.41. The normalized spacial score (nSPS) is 11.1. The van der Waals surface area contributed by atoms with Gasteiger partial charge in [0.2, 0.25) is 0 Å². The van der Waals surface area contributed by atoms with E-state index in [1.807, 2.05) is 13.8 Å². The molecule has 0 aliphatic rings. The molecule has 0 aromatic heterocycles. The van der Waals surface area contributed by atoms with E-state index in [2.05, 4.69) is 17.4 Å². The lowest BCUT2D eigenvalue weighted by molar-refractivity contribution is 0.213. The monoisotopic (exact) mass is 145 g/mol. The van der Waals surface area contributed by atoms with Gasteiger partial charge in [0.05, 0.1) is 6.26 Å². The van der Waals surface area contributed by atoms with Crippen LogP contribution in [0.4, 0.5) is 4.79 Å². The van der Waals surface area contributed by atoms with Crippen molar-refractivity contribution in [3.63, 3.8) is 0 Å². The van der Waals surface area contributed by atoms with E-state index in [1.165, 1.54) is 6.26 Å². The minimum absolute atomic E-state index is 0.678. The third kappa shape index (κ3) is 5.30. The fourth-order valence-electron chi connectivity index (χ4n) is 0.232. The van der Waals surface area contributed by atoms with Crippen molar-refractivity contribution < 1.29 is 9.53 Å². The molecule has 0 fully saturated rings. The van der Waals surface area contributed by atoms with E-state index in [-0.39, 0.29) is 0 Å². The number of carbonyl (C=O) groups excluding carboxylic acids is 1. The Bertz CT molecular complexity index is 129. The molecule has 0 aliphatic carbocycles. The highest BCUT2D eigenvalue weighted by molar-refractivity contribution is 7.96. The minimum Gasteiger partial charge on any atom is -0.423 e. The molecule has 1 radical (unpaired) electrons. The van der Waals surface area contributed by atoms with E-state index in [0.29, 0.717) is 0 Å². The van der Waals surface area contributed by atoms with Gasteiger partial charge in [0, 0.05) is 12.6 Å². The molecule has 0 aromatic rings. The Hall–Kier alpha value is -0.570. The number of allylic oxidation sites excluding steroid dienone is 1. The van der Waals surface area contributed by atoms with Crippen molar-refractivity contribution >= 4 is 17.9 Å². The van der Waals surface area contributed by atoms with Gasteiger partial charge < -0.3 is 4.74 Å². The number of carbonyl (C=O) groups is 1. The van der Waals surface area contributed by atoms with E-state index >= 15 is 0 Å². The molecule has 0 saturated heterocycles. The second-order valence-corrected chi connectivity index (χ2v) is 2.02. The van der Waals surface area contributed by atoms with Crippen molar-refractivity contribution in [2.45, 2.75) is 20.3 Å². The largest absolute Gasteiger partial charge is 0.423 e. The molecule has 0 spiro atoms. The summed E-state index contributed by atoms with van der Waals surface area (Å²) in [5.74, 6) is 0. The molecular weight excluding hydrogens is 136 g/mol. The highest BCUT2D eigenvalue weighted by atomic mass is 32.1. The molecular formula is C6H9O2S. The van der Waals surface area contributed by atoms with Crippen molar-refractivity contribution in [3.8, 4) is 0 Å². The van der Waals surface area contributed by atoms with Crippen LogP contribution in [-0.4, -0.2) is 5.30 Å². The van der Waals surface area contributed by atoms with Crippen LogP contribution >= 0.6 is 12.6 Å². The topological polar surface area (TPSA) is 26.3 Å². The smallest absolute Gasteiger partial charge is 0.404 e. The molecule has 0 aliphatic heterocycles. The quantitative estimate of drug-likeness (QED) is 0.441. The van der Waals surface area contributed by atoms with E-state index < -0.39 is 5.30 Å². The van der Waals surface area contributed by atoms with Crippen molar-refractivity contribution in [1.29, 1.82) is 0 Å². The first-order valence-corrected chi connectivity index (χ1v) is 3.11. The van der Waals surface area contributed by atoms with E-state index in [1.54, 1.807) is 0 Å². The van der Waals surface area contributed by atoms with Gasteiger partial charge in [-0.2, -0.15) is 0 Å². The summed E-state index contributed by atoms with van der Waals surface area (Å²) in [6, 6.07) is 0. The lowest BCUT2D eigenvalue weighted by atomic mass is 10.3. The van der Waals surface area contributed by atoms with Crippen LogP contribution in [0.1, 0.15) is 20.3 Å². The fourth-order valence-corrected chi connectivity index (χ4v) is 0.280. The summed E-state index contributed by atoms with van der Waals surface area (Å²) in [7, 11) is 0. The number of hydrogen-bond donors (Lipinski definition) is 0. The zero-order valence-corrected chi connectivity index (χ0v) is 6.33. The Morgan fingerprint density at radius 3 is 2.67 bits per heavy atom. The molecule has 51 valence electrons. The Kier molecular flexibility index (Phi) is 4.05. The first-order chi connectivity index (χ1) is 4.16. The van der Waals surface area contributed by atoms with Gasteiger partial charge in [-0.25, -0.2) is 4.79 Å². The summed E-state index contributed by atoms with van der Waals surface area (Å²) in [5.41, 5.74) is 1.01. The average Bonchev–Trinajstić information content (AvgIpc) is 1.83. The zero-order chi connectivity index (χ0) is 7.28. The lowest BCUT2D eigenvalue weighted by Crippen LogP contribution is -1.84. The molecule has 2 nitrogen and oxygen atoms in total. The van der Waals surface area contributed by atoms with Crippen molar-refractivity contribution in [2.24, 2.45) is 0 Å². The highest BCUT2D eigenvalue weighted by Gasteiger charge is 1.90. The first-order valence-electron chi connectivity index (χ1n) is 2.70. The van der Waals surface area contributed by atoms with Gasteiger partial charge in [-0.15, -0.1) is 0 Å². The van der Waals surface area contributed by atoms with Gasteiger partial charge in [-0.1, -0.05) is 6.92 Å². The Morgan fingerprint density at radius 1 is 1.78 bits per heavy atom. The molecule has 0 unspecified atom stereocenters. The molecule has 3 heteroatoms. The predicted molar refractivity (Wildman–Crippen MR) is 38.1 cm³/mol. The van der Waals surface area contributed by atoms with E-state index in [4.69, 9.17) is 0 Å². The summed E-state index contributed by atoms with van der Waals surface area (Å²) in [5, 5.41) is -0.678. The van der Waals surface area contributed by atoms with Gasteiger partial charge in [0.15, 0.2) is 0 Å². The zero-order valence-electron chi connectivity index (χ0n) is 5.51. The van der Waals surface area contributed by atoms with Crippen LogP contribution < -0.4 is 0 Å².